The molecule has 0 atom stereocenters. The third-order valence-corrected chi connectivity index (χ3v) is 1.58. The standard InChI is InChI=1S/C8H12N2O/c1-6-8(3-4-11)5-9-7(2)10-6/h5,11H,3-4H2,1-2H3. The van der Waals surface area contributed by atoms with E-state index in [1.54, 1.807) is 6.20 Å². The molecule has 1 aromatic heterocycles. The second-order valence-corrected chi connectivity index (χ2v) is 2.50. The van der Waals surface area contributed by atoms with Crippen LogP contribution in [0.25, 0.3) is 0 Å². The van der Waals surface area contributed by atoms with E-state index in [0.29, 0.717) is 6.42 Å². The first-order chi connectivity index (χ1) is 5.24. The van der Waals surface area contributed by atoms with E-state index in [1.807, 2.05) is 13.8 Å². The van der Waals surface area contributed by atoms with Crippen molar-refractivity contribution < 1.29 is 5.11 Å². The molecule has 1 N–H and O–H groups in total. The maximum Gasteiger partial charge on any atom is 0.125 e. The molecular weight excluding hydrogens is 140 g/mol. The lowest BCUT2D eigenvalue weighted by molar-refractivity contribution is 0.299. The van der Waals surface area contributed by atoms with Crippen LogP contribution in [0.5, 0.6) is 0 Å². The van der Waals surface area contributed by atoms with Gasteiger partial charge in [-0.25, -0.2) is 9.97 Å². The highest BCUT2D eigenvalue weighted by Crippen LogP contribution is 2.03. The van der Waals surface area contributed by atoms with Crippen LogP contribution in [0.3, 0.4) is 0 Å². The zero-order valence-electron chi connectivity index (χ0n) is 6.83. The van der Waals surface area contributed by atoms with Crippen LogP contribution in [-0.4, -0.2) is 21.7 Å². The van der Waals surface area contributed by atoms with Gasteiger partial charge in [-0.15, -0.1) is 0 Å². The lowest BCUT2D eigenvalue weighted by Crippen LogP contribution is -1.99. The van der Waals surface area contributed by atoms with E-state index in [1.165, 1.54) is 0 Å². The molecule has 0 saturated carbocycles. The maximum absolute atomic E-state index is 8.66. The monoisotopic (exact) mass is 152 g/mol. The molecule has 1 heterocycles. The van der Waals surface area contributed by atoms with E-state index in [9.17, 15) is 0 Å². The predicted molar refractivity (Wildman–Crippen MR) is 42.3 cm³/mol. The molecule has 0 aliphatic heterocycles. The third-order valence-electron chi connectivity index (χ3n) is 1.58. The van der Waals surface area contributed by atoms with Crippen molar-refractivity contribution in [3.8, 4) is 0 Å². The molecule has 0 saturated heterocycles. The molecule has 0 radical (unpaired) electrons. The Balaban J connectivity index is 2.90. The summed E-state index contributed by atoms with van der Waals surface area (Å²) in [5.74, 6) is 0.782. The fourth-order valence-electron chi connectivity index (χ4n) is 0.974. The molecule has 1 rings (SSSR count). The summed E-state index contributed by atoms with van der Waals surface area (Å²) in [4.78, 5) is 8.21. The van der Waals surface area contributed by atoms with Crippen LogP contribution in [-0.2, 0) is 6.42 Å². The van der Waals surface area contributed by atoms with E-state index in [0.717, 1.165) is 17.1 Å². The Bertz CT molecular complexity index is 248. The Morgan fingerprint density at radius 2 is 2.18 bits per heavy atom. The molecule has 0 fully saturated rings. The quantitative estimate of drug-likeness (QED) is 0.676. The van der Waals surface area contributed by atoms with Crippen LogP contribution in [0.4, 0.5) is 0 Å². The van der Waals surface area contributed by atoms with Gasteiger partial charge in [0, 0.05) is 18.5 Å². The number of aryl methyl sites for hydroxylation is 2. The van der Waals surface area contributed by atoms with E-state index < -0.39 is 0 Å². The van der Waals surface area contributed by atoms with Gasteiger partial charge in [0.05, 0.1) is 0 Å². The average Bonchev–Trinajstić information content (AvgIpc) is 1.95. The Hall–Kier alpha value is -0.960. The number of hydrogen-bond acceptors (Lipinski definition) is 3. The Labute approximate surface area is 66.1 Å². The summed E-state index contributed by atoms with van der Waals surface area (Å²) < 4.78 is 0. The van der Waals surface area contributed by atoms with Gasteiger partial charge < -0.3 is 5.11 Å². The second kappa shape index (κ2) is 3.44. The van der Waals surface area contributed by atoms with Crippen molar-refractivity contribution in [2.24, 2.45) is 0 Å². The lowest BCUT2D eigenvalue weighted by Gasteiger charge is -2.01. The van der Waals surface area contributed by atoms with E-state index in [2.05, 4.69) is 9.97 Å². The zero-order chi connectivity index (χ0) is 8.27. The Morgan fingerprint density at radius 3 is 2.73 bits per heavy atom. The zero-order valence-corrected chi connectivity index (χ0v) is 6.83. The molecule has 0 amide bonds. The predicted octanol–water partition coefficient (Wildman–Crippen LogP) is 0.628. The fraction of sp³-hybridized carbons (Fsp3) is 0.500. The first-order valence-corrected chi connectivity index (χ1v) is 3.64. The molecule has 3 nitrogen and oxygen atoms in total. The van der Waals surface area contributed by atoms with Gasteiger partial charge >= 0.3 is 0 Å². The lowest BCUT2D eigenvalue weighted by atomic mass is 10.2. The van der Waals surface area contributed by atoms with Gasteiger partial charge in [-0.3, -0.25) is 0 Å². The fourth-order valence-corrected chi connectivity index (χ4v) is 0.974. The van der Waals surface area contributed by atoms with Crippen molar-refractivity contribution in [3.63, 3.8) is 0 Å². The minimum atomic E-state index is 0.160. The van der Waals surface area contributed by atoms with Crippen LogP contribution in [0.15, 0.2) is 6.20 Å². The van der Waals surface area contributed by atoms with Crippen LogP contribution in [0.2, 0.25) is 0 Å². The van der Waals surface area contributed by atoms with Crippen molar-refractivity contribution in [3.05, 3.63) is 23.3 Å². The van der Waals surface area contributed by atoms with Crippen molar-refractivity contribution in [2.45, 2.75) is 20.3 Å². The van der Waals surface area contributed by atoms with Gasteiger partial charge in [-0.05, 0) is 25.8 Å². The molecular formula is C8H12N2O. The smallest absolute Gasteiger partial charge is 0.125 e. The number of nitrogens with zero attached hydrogens (tertiary/aromatic N) is 2. The van der Waals surface area contributed by atoms with E-state index in [4.69, 9.17) is 5.11 Å². The van der Waals surface area contributed by atoms with Crippen molar-refractivity contribution in [1.29, 1.82) is 0 Å². The van der Waals surface area contributed by atoms with E-state index >= 15 is 0 Å². The number of aromatic nitrogens is 2. The van der Waals surface area contributed by atoms with Gasteiger partial charge in [0.25, 0.3) is 0 Å². The molecule has 0 bridgehead atoms. The van der Waals surface area contributed by atoms with Gasteiger partial charge in [0.15, 0.2) is 0 Å². The third kappa shape index (κ3) is 1.98. The summed E-state index contributed by atoms with van der Waals surface area (Å²) in [6, 6.07) is 0. The molecule has 0 unspecified atom stereocenters. The molecule has 0 aliphatic carbocycles. The first kappa shape index (κ1) is 8.14. The molecule has 3 heteroatoms. The summed E-state index contributed by atoms with van der Waals surface area (Å²) >= 11 is 0. The average molecular weight is 152 g/mol. The van der Waals surface area contributed by atoms with Gasteiger partial charge in [0.2, 0.25) is 0 Å². The number of aliphatic hydroxyl groups is 1. The highest BCUT2D eigenvalue weighted by atomic mass is 16.2. The van der Waals surface area contributed by atoms with E-state index in [-0.39, 0.29) is 6.61 Å². The van der Waals surface area contributed by atoms with Crippen LogP contribution in [0.1, 0.15) is 17.1 Å². The minimum Gasteiger partial charge on any atom is -0.396 e. The Morgan fingerprint density at radius 1 is 1.45 bits per heavy atom. The molecule has 0 spiro atoms. The SMILES string of the molecule is Cc1ncc(CCO)c(C)n1. The largest absolute Gasteiger partial charge is 0.396 e. The first-order valence-electron chi connectivity index (χ1n) is 3.64. The van der Waals surface area contributed by atoms with Gasteiger partial charge in [0.1, 0.15) is 5.82 Å². The maximum atomic E-state index is 8.66. The number of rotatable bonds is 2. The van der Waals surface area contributed by atoms with Crippen LogP contribution >= 0.6 is 0 Å². The van der Waals surface area contributed by atoms with Crippen molar-refractivity contribution in [2.75, 3.05) is 6.61 Å². The summed E-state index contributed by atoms with van der Waals surface area (Å²) in [5.41, 5.74) is 1.99. The van der Waals surface area contributed by atoms with Gasteiger partial charge in [-0.1, -0.05) is 0 Å². The summed E-state index contributed by atoms with van der Waals surface area (Å²) in [5, 5.41) is 8.66. The molecule has 0 aromatic carbocycles. The van der Waals surface area contributed by atoms with Crippen molar-refractivity contribution in [1.82, 2.24) is 9.97 Å². The molecule has 60 valence electrons. The minimum absolute atomic E-state index is 0.160. The topological polar surface area (TPSA) is 46.0 Å². The summed E-state index contributed by atoms with van der Waals surface area (Å²) in [6.45, 7) is 3.95. The van der Waals surface area contributed by atoms with Gasteiger partial charge in [-0.2, -0.15) is 0 Å². The number of hydrogen-bond donors (Lipinski definition) is 1. The normalized spacial score (nSPS) is 10.1. The molecule has 1 aromatic rings. The second-order valence-electron chi connectivity index (χ2n) is 2.50. The Kier molecular flexibility index (Phi) is 2.54. The number of aliphatic hydroxyl groups excluding tert-OH is 1. The molecule has 11 heavy (non-hydrogen) atoms. The highest BCUT2D eigenvalue weighted by Gasteiger charge is 1.98. The highest BCUT2D eigenvalue weighted by molar-refractivity contribution is 5.15. The molecule has 0 aliphatic rings. The van der Waals surface area contributed by atoms with Crippen LogP contribution < -0.4 is 0 Å². The summed E-state index contributed by atoms with van der Waals surface area (Å²) in [6.07, 6.45) is 2.42. The summed E-state index contributed by atoms with van der Waals surface area (Å²) in [7, 11) is 0. The van der Waals surface area contributed by atoms with Crippen LogP contribution in [0, 0.1) is 13.8 Å². The van der Waals surface area contributed by atoms with Crippen molar-refractivity contribution >= 4 is 0 Å².